The molecule has 0 radical (unpaired) electrons. The minimum atomic E-state index is -3.41. The van der Waals surface area contributed by atoms with Gasteiger partial charge in [-0.1, -0.05) is 24.3 Å². The number of sulfonamides is 1. The Bertz CT molecular complexity index is 917. The quantitative estimate of drug-likeness (QED) is 0.679. The number of carbonyl (C=O) groups excluding carboxylic acids is 1. The van der Waals surface area contributed by atoms with Gasteiger partial charge >= 0.3 is 0 Å². The maximum atomic E-state index is 13.5. The Labute approximate surface area is 164 Å². The molecule has 0 aliphatic carbocycles. The first-order valence-corrected chi connectivity index (χ1v) is 11.3. The number of nitrogens with one attached hydrogen (secondary N) is 1. The normalized spacial score (nSPS) is 11.3. The second-order valence-corrected chi connectivity index (χ2v) is 9.20. The second kappa shape index (κ2) is 9.23. The zero-order valence-corrected chi connectivity index (χ0v) is 17.2. The number of amides is 1. The fourth-order valence-electron chi connectivity index (χ4n) is 2.52. The third-order valence-electron chi connectivity index (χ3n) is 4.13. The summed E-state index contributed by atoms with van der Waals surface area (Å²) in [6.45, 7) is 2.16. The van der Waals surface area contributed by atoms with Crippen LogP contribution in [0.3, 0.4) is 0 Å². The Kier molecular flexibility index (Phi) is 7.26. The van der Waals surface area contributed by atoms with Crippen molar-refractivity contribution in [1.82, 2.24) is 5.32 Å². The third-order valence-corrected chi connectivity index (χ3v) is 6.33. The van der Waals surface area contributed by atoms with E-state index in [2.05, 4.69) is 5.32 Å². The minimum Gasteiger partial charge on any atom is -0.351 e. The smallest absolute Gasteiger partial charge is 0.251 e. The minimum absolute atomic E-state index is 0.225. The molecule has 0 unspecified atom stereocenters. The fraction of sp³-hybridized carbons (Fsp3) is 0.316. The number of rotatable bonds is 8. The Balaban J connectivity index is 1.92. The lowest BCUT2D eigenvalue weighted by atomic mass is 10.1. The van der Waals surface area contributed by atoms with E-state index in [-0.39, 0.29) is 11.7 Å². The lowest BCUT2D eigenvalue weighted by Crippen LogP contribution is -2.29. The first-order chi connectivity index (χ1) is 12.7. The number of anilines is 1. The van der Waals surface area contributed by atoms with E-state index in [1.807, 2.05) is 0 Å². The van der Waals surface area contributed by atoms with Crippen molar-refractivity contribution in [3.05, 3.63) is 65.0 Å². The van der Waals surface area contributed by atoms with Gasteiger partial charge in [0.25, 0.3) is 5.91 Å². The van der Waals surface area contributed by atoms with Crippen LogP contribution in [0.1, 0.15) is 21.5 Å². The molecule has 0 atom stereocenters. The molecule has 27 heavy (non-hydrogen) atoms. The van der Waals surface area contributed by atoms with E-state index in [9.17, 15) is 17.6 Å². The van der Waals surface area contributed by atoms with Crippen LogP contribution < -0.4 is 9.62 Å². The van der Waals surface area contributed by atoms with Gasteiger partial charge in [-0.25, -0.2) is 12.8 Å². The maximum Gasteiger partial charge on any atom is 0.251 e. The summed E-state index contributed by atoms with van der Waals surface area (Å²) >= 11 is 1.53. The van der Waals surface area contributed by atoms with Gasteiger partial charge in [0, 0.05) is 30.7 Å². The van der Waals surface area contributed by atoms with E-state index < -0.39 is 10.0 Å². The molecule has 5 nitrogen and oxygen atoms in total. The predicted octanol–water partition coefficient (Wildman–Crippen LogP) is 3.19. The molecule has 0 saturated carbocycles. The molecule has 0 aliphatic heterocycles. The first-order valence-electron chi connectivity index (χ1n) is 8.34. The van der Waals surface area contributed by atoms with Crippen molar-refractivity contribution in [2.24, 2.45) is 0 Å². The molecule has 0 aliphatic rings. The first kappa shape index (κ1) is 21.2. The molecule has 2 rings (SSSR count). The average Bonchev–Trinajstić information content (AvgIpc) is 2.61. The molecule has 0 fully saturated rings. The van der Waals surface area contributed by atoms with Crippen molar-refractivity contribution in [2.75, 3.05) is 29.9 Å². The van der Waals surface area contributed by atoms with Crippen molar-refractivity contribution in [3.8, 4) is 0 Å². The van der Waals surface area contributed by atoms with Crippen LogP contribution >= 0.6 is 11.8 Å². The van der Waals surface area contributed by atoms with E-state index in [0.717, 1.165) is 10.6 Å². The summed E-state index contributed by atoms with van der Waals surface area (Å²) in [5, 5.41) is 2.82. The highest BCUT2D eigenvalue weighted by Gasteiger charge is 2.18. The monoisotopic (exact) mass is 410 g/mol. The molecule has 1 N–H and O–H groups in total. The Morgan fingerprint density at radius 1 is 1.19 bits per heavy atom. The number of benzene rings is 2. The third kappa shape index (κ3) is 5.71. The van der Waals surface area contributed by atoms with Gasteiger partial charge in [0.15, 0.2) is 0 Å². The number of thioether (sulfide) groups is 1. The zero-order valence-electron chi connectivity index (χ0n) is 15.5. The van der Waals surface area contributed by atoms with E-state index in [4.69, 9.17) is 0 Å². The molecule has 1 amide bonds. The van der Waals surface area contributed by atoms with Crippen LogP contribution in [0.15, 0.2) is 42.5 Å². The van der Waals surface area contributed by atoms with E-state index in [1.54, 1.807) is 43.3 Å². The van der Waals surface area contributed by atoms with Gasteiger partial charge < -0.3 is 5.32 Å². The van der Waals surface area contributed by atoms with Gasteiger partial charge in [-0.3, -0.25) is 9.10 Å². The van der Waals surface area contributed by atoms with Gasteiger partial charge in [0.05, 0.1) is 11.9 Å². The molecule has 2 aromatic rings. The standard InChI is InChI=1S/C19H23FN2O3S2/c1-14-16(8-6-10-18(14)22(2)27(3,24)25)19(23)21-11-12-26-13-15-7-4-5-9-17(15)20/h4-10H,11-13H2,1-3H3,(H,21,23). The van der Waals surface area contributed by atoms with Gasteiger partial charge in [0.1, 0.15) is 5.82 Å². The molecular formula is C19H23FN2O3S2. The van der Waals surface area contributed by atoms with Crippen molar-refractivity contribution in [1.29, 1.82) is 0 Å². The van der Waals surface area contributed by atoms with Crippen LogP contribution in [0.2, 0.25) is 0 Å². The number of halogens is 1. The van der Waals surface area contributed by atoms with Crippen LogP contribution in [0.4, 0.5) is 10.1 Å². The lowest BCUT2D eigenvalue weighted by Gasteiger charge is -2.20. The van der Waals surface area contributed by atoms with Crippen molar-refractivity contribution >= 4 is 33.4 Å². The van der Waals surface area contributed by atoms with Crippen molar-refractivity contribution in [3.63, 3.8) is 0 Å². The second-order valence-electron chi connectivity index (χ2n) is 6.08. The van der Waals surface area contributed by atoms with Crippen molar-refractivity contribution < 1.29 is 17.6 Å². The molecular weight excluding hydrogens is 387 g/mol. The van der Waals surface area contributed by atoms with E-state index in [1.165, 1.54) is 24.9 Å². The topological polar surface area (TPSA) is 66.5 Å². The summed E-state index contributed by atoms with van der Waals surface area (Å²) in [5.41, 5.74) is 2.14. The highest BCUT2D eigenvalue weighted by atomic mass is 32.2. The number of carbonyl (C=O) groups is 1. The molecule has 8 heteroatoms. The molecule has 0 bridgehead atoms. The highest BCUT2D eigenvalue weighted by Crippen LogP contribution is 2.24. The summed E-state index contributed by atoms with van der Waals surface area (Å²) in [5.74, 6) is 0.692. The summed E-state index contributed by atoms with van der Waals surface area (Å²) in [4.78, 5) is 12.4. The highest BCUT2D eigenvalue weighted by molar-refractivity contribution is 7.98. The van der Waals surface area contributed by atoms with Gasteiger partial charge in [0.2, 0.25) is 10.0 Å². The Morgan fingerprint density at radius 2 is 1.89 bits per heavy atom. The summed E-state index contributed by atoms with van der Waals surface area (Å²) in [7, 11) is -1.95. The molecule has 2 aromatic carbocycles. The van der Waals surface area contributed by atoms with Gasteiger partial charge in [-0.05, 0) is 36.2 Å². The molecule has 146 valence electrons. The fourth-order valence-corrected chi connectivity index (χ4v) is 3.92. The molecule has 0 saturated heterocycles. The molecule has 0 heterocycles. The number of hydrogen-bond donors (Lipinski definition) is 1. The molecule has 0 spiro atoms. The van der Waals surface area contributed by atoms with Crippen LogP contribution in [0.5, 0.6) is 0 Å². The summed E-state index contributed by atoms with van der Waals surface area (Å²) in [6.07, 6.45) is 1.12. The largest absolute Gasteiger partial charge is 0.351 e. The van der Waals surface area contributed by atoms with Crippen LogP contribution in [-0.2, 0) is 15.8 Å². The predicted molar refractivity (Wildman–Crippen MR) is 109 cm³/mol. The lowest BCUT2D eigenvalue weighted by molar-refractivity contribution is 0.0955. The summed E-state index contributed by atoms with van der Waals surface area (Å²) in [6, 6.07) is 11.6. The summed E-state index contributed by atoms with van der Waals surface area (Å²) < 4.78 is 38.2. The van der Waals surface area contributed by atoms with E-state index in [0.29, 0.717) is 40.4 Å². The zero-order chi connectivity index (χ0) is 20.0. The van der Waals surface area contributed by atoms with Crippen LogP contribution in [0, 0.1) is 12.7 Å². The SMILES string of the molecule is Cc1c(C(=O)NCCSCc2ccccc2F)cccc1N(C)S(C)(=O)=O. The van der Waals surface area contributed by atoms with Gasteiger partial charge in [-0.15, -0.1) is 0 Å². The van der Waals surface area contributed by atoms with Gasteiger partial charge in [-0.2, -0.15) is 11.8 Å². The van der Waals surface area contributed by atoms with Crippen molar-refractivity contribution in [2.45, 2.75) is 12.7 Å². The van der Waals surface area contributed by atoms with Crippen LogP contribution in [-0.4, -0.2) is 39.9 Å². The van der Waals surface area contributed by atoms with E-state index >= 15 is 0 Å². The Morgan fingerprint density at radius 3 is 2.56 bits per heavy atom. The number of hydrogen-bond acceptors (Lipinski definition) is 4. The maximum absolute atomic E-state index is 13.5. The van der Waals surface area contributed by atoms with Crippen LogP contribution in [0.25, 0.3) is 0 Å². The average molecular weight is 411 g/mol. The molecule has 0 aromatic heterocycles. The number of nitrogens with zero attached hydrogens (tertiary/aromatic N) is 1. The Hall–Kier alpha value is -2.06.